The predicted molar refractivity (Wildman–Crippen MR) is 102 cm³/mol. The Morgan fingerprint density at radius 1 is 1.08 bits per heavy atom. The second-order valence-electron chi connectivity index (χ2n) is 6.34. The fourth-order valence-electron chi connectivity index (χ4n) is 2.89. The fraction of sp³-hybridized carbons (Fsp3) is 0.389. The Balaban J connectivity index is 1.69. The van der Waals surface area contributed by atoms with Crippen LogP contribution in [0.15, 0.2) is 47.5 Å². The van der Waals surface area contributed by atoms with Crippen LogP contribution in [-0.4, -0.2) is 50.0 Å². The first-order valence-electron chi connectivity index (χ1n) is 8.50. The van der Waals surface area contributed by atoms with E-state index in [1.807, 2.05) is 26.0 Å². The molecular weight excluding hydrogens is 374 g/mol. The highest BCUT2D eigenvalue weighted by Crippen LogP contribution is 2.26. The topological polar surface area (TPSA) is 62.7 Å². The first-order chi connectivity index (χ1) is 12.4. The highest BCUT2D eigenvalue weighted by atomic mass is 35.5. The summed E-state index contributed by atoms with van der Waals surface area (Å²) in [7, 11) is -3.52. The molecule has 0 saturated carbocycles. The summed E-state index contributed by atoms with van der Waals surface area (Å²) < 4.78 is 32.8. The molecule has 0 aliphatic carbocycles. The van der Waals surface area contributed by atoms with E-state index in [1.54, 1.807) is 30.5 Å². The molecule has 0 spiro atoms. The summed E-state index contributed by atoms with van der Waals surface area (Å²) in [4.78, 5) is 6.41. The molecule has 6 nitrogen and oxygen atoms in total. The molecule has 0 atom stereocenters. The van der Waals surface area contributed by atoms with Crippen LogP contribution in [0.1, 0.15) is 13.8 Å². The minimum absolute atomic E-state index is 0.0461. The number of nitrogens with zero attached hydrogens (tertiary/aromatic N) is 3. The fourth-order valence-corrected chi connectivity index (χ4v) is 4.56. The monoisotopic (exact) mass is 395 g/mol. The summed E-state index contributed by atoms with van der Waals surface area (Å²) in [6.07, 6.45) is 1.68. The Bertz CT molecular complexity index is 848. The van der Waals surface area contributed by atoms with Crippen LogP contribution < -0.4 is 9.64 Å². The van der Waals surface area contributed by atoms with E-state index in [0.29, 0.717) is 37.1 Å². The van der Waals surface area contributed by atoms with E-state index in [4.69, 9.17) is 16.3 Å². The molecule has 140 valence electrons. The summed E-state index contributed by atoms with van der Waals surface area (Å²) >= 11 is 6.13. The third-order valence-corrected chi connectivity index (χ3v) is 6.36. The van der Waals surface area contributed by atoms with E-state index in [2.05, 4.69) is 9.88 Å². The van der Waals surface area contributed by atoms with Gasteiger partial charge in [-0.2, -0.15) is 4.31 Å². The molecule has 2 aromatic rings. The Hall–Kier alpha value is -1.83. The van der Waals surface area contributed by atoms with Gasteiger partial charge in [-0.05, 0) is 50.2 Å². The lowest BCUT2D eigenvalue weighted by atomic mass is 10.3. The number of anilines is 1. The van der Waals surface area contributed by atoms with Crippen molar-refractivity contribution in [2.75, 3.05) is 31.1 Å². The SMILES string of the molecule is CC(C)Oc1ccc(S(=O)(=O)N2CCN(c3cccnc3Cl)CC2)cc1. The van der Waals surface area contributed by atoms with Gasteiger partial charge in [-0.1, -0.05) is 11.6 Å². The van der Waals surface area contributed by atoms with Crippen molar-refractivity contribution < 1.29 is 13.2 Å². The zero-order valence-electron chi connectivity index (χ0n) is 14.8. The molecule has 1 fully saturated rings. The van der Waals surface area contributed by atoms with E-state index in [0.717, 1.165) is 5.69 Å². The van der Waals surface area contributed by atoms with Crippen molar-refractivity contribution in [1.29, 1.82) is 0 Å². The smallest absolute Gasteiger partial charge is 0.243 e. The standard InChI is InChI=1S/C18H22ClN3O3S/c1-14(2)25-15-5-7-16(8-6-15)26(23,24)22-12-10-21(11-13-22)17-4-3-9-20-18(17)19/h3-9,14H,10-13H2,1-2H3. The third kappa shape index (κ3) is 4.11. The van der Waals surface area contributed by atoms with Crippen molar-refractivity contribution in [2.24, 2.45) is 0 Å². The zero-order chi connectivity index (χ0) is 18.7. The average molecular weight is 396 g/mol. The van der Waals surface area contributed by atoms with E-state index in [-0.39, 0.29) is 11.0 Å². The van der Waals surface area contributed by atoms with Crippen molar-refractivity contribution in [3.05, 3.63) is 47.7 Å². The Labute approximate surface area is 159 Å². The summed E-state index contributed by atoms with van der Waals surface area (Å²) in [5, 5.41) is 0.435. The van der Waals surface area contributed by atoms with E-state index < -0.39 is 10.0 Å². The molecule has 1 aromatic heterocycles. The van der Waals surface area contributed by atoms with Crippen LogP contribution in [-0.2, 0) is 10.0 Å². The molecule has 0 amide bonds. The van der Waals surface area contributed by atoms with Crippen LogP contribution in [0.2, 0.25) is 5.15 Å². The van der Waals surface area contributed by atoms with Gasteiger partial charge in [0.2, 0.25) is 10.0 Å². The normalized spacial score (nSPS) is 16.1. The number of rotatable bonds is 5. The average Bonchev–Trinajstić information content (AvgIpc) is 2.62. The lowest BCUT2D eigenvalue weighted by Gasteiger charge is -2.35. The van der Waals surface area contributed by atoms with Gasteiger partial charge in [-0.15, -0.1) is 0 Å². The van der Waals surface area contributed by atoms with Crippen LogP contribution >= 0.6 is 11.6 Å². The zero-order valence-corrected chi connectivity index (χ0v) is 16.4. The summed E-state index contributed by atoms with van der Waals surface area (Å²) in [6.45, 7) is 5.80. The maximum absolute atomic E-state index is 12.9. The predicted octanol–water partition coefficient (Wildman–Crippen LogP) is 3.03. The molecule has 1 aliphatic rings. The van der Waals surface area contributed by atoms with Crippen LogP contribution in [0, 0.1) is 0 Å². The highest BCUT2D eigenvalue weighted by molar-refractivity contribution is 7.89. The maximum atomic E-state index is 12.9. The first-order valence-corrected chi connectivity index (χ1v) is 10.3. The second-order valence-corrected chi connectivity index (χ2v) is 8.64. The molecule has 1 aromatic carbocycles. The summed E-state index contributed by atoms with van der Waals surface area (Å²) in [5.74, 6) is 0.662. The van der Waals surface area contributed by atoms with E-state index in [9.17, 15) is 8.42 Å². The molecule has 3 rings (SSSR count). The van der Waals surface area contributed by atoms with Crippen LogP contribution in [0.25, 0.3) is 0 Å². The number of pyridine rings is 1. The van der Waals surface area contributed by atoms with Crippen LogP contribution in [0.5, 0.6) is 5.75 Å². The van der Waals surface area contributed by atoms with Gasteiger partial charge in [0.25, 0.3) is 0 Å². The van der Waals surface area contributed by atoms with Gasteiger partial charge < -0.3 is 9.64 Å². The number of hydrogen-bond donors (Lipinski definition) is 0. The Morgan fingerprint density at radius 3 is 2.31 bits per heavy atom. The molecule has 0 radical (unpaired) electrons. The lowest BCUT2D eigenvalue weighted by molar-refractivity contribution is 0.242. The molecule has 2 heterocycles. The molecule has 8 heteroatoms. The van der Waals surface area contributed by atoms with Crippen LogP contribution in [0.4, 0.5) is 5.69 Å². The van der Waals surface area contributed by atoms with Gasteiger partial charge in [-0.3, -0.25) is 0 Å². The first kappa shape index (κ1) is 18.9. The molecule has 0 unspecified atom stereocenters. The number of benzene rings is 1. The number of halogens is 1. The van der Waals surface area contributed by atoms with Gasteiger partial charge >= 0.3 is 0 Å². The number of aromatic nitrogens is 1. The molecular formula is C18H22ClN3O3S. The number of hydrogen-bond acceptors (Lipinski definition) is 5. The maximum Gasteiger partial charge on any atom is 0.243 e. The minimum atomic E-state index is -3.52. The van der Waals surface area contributed by atoms with E-state index in [1.165, 1.54) is 4.31 Å². The highest BCUT2D eigenvalue weighted by Gasteiger charge is 2.29. The molecule has 1 saturated heterocycles. The number of piperazine rings is 1. The largest absolute Gasteiger partial charge is 0.491 e. The number of sulfonamides is 1. The molecule has 26 heavy (non-hydrogen) atoms. The Kier molecular flexibility index (Phi) is 5.70. The van der Waals surface area contributed by atoms with Crippen molar-refractivity contribution >= 4 is 27.3 Å². The summed E-state index contributed by atoms with van der Waals surface area (Å²) in [5.41, 5.74) is 0.835. The van der Waals surface area contributed by atoms with Crippen molar-refractivity contribution in [3.63, 3.8) is 0 Å². The third-order valence-electron chi connectivity index (χ3n) is 4.15. The lowest BCUT2D eigenvalue weighted by Crippen LogP contribution is -2.48. The van der Waals surface area contributed by atoms with Crippen molar-refractivity contribution in [1.82, 2.24) is 9.29 Å². The number of ether oxygens (including phenoxy) is 1. The van der Waals surface area contributed by atoms with Gasteiger partial charge in [-0.25, -0.2) is 13.4 Å². The van der Waals surface area contributed by atoms with Crippen molar-refractivity contribution in [2.45, 2.75) is 24.8 Å². The van der Waals surface area contributed by atoms with Gasteiger partial charge in [0.15, 0.2) is 5.15 Å². The van der Waals surface area contributed by atoms with Crippen LogP contribution in [0.3, 0.4) is 0 Å². The second kappa shape index (κ2) is 7.82. The quantitative estimate of drug-likeness (QED) is 0.728. The Morgan fingerprint density at radius 2 is 1.73 bits per heavy atom. The van der Waals surface area contributed by atoms with Gasteiger partial charge in [0.1, 0.15) is 5.75 Å². The van der Waals surface area contributed by atoms with Gasteiger partial charge in [0.05, 0.1) is 16.7 Å². The summed E-state index contributed by atoms with van der Waals surface area (Å²) in [6, 6.07) is 10.3. The molecule has 1 aliphatic heterocycles. The minimum Gasteiger partial charge on any atom is -0.491 e. The van der Waals surface area contributed by atoms with Crippen molar-refractivity contribution in [3.8, 4) is 5.75 Å². The molecule has 0 N–H and O–H groups in total. The molecule has 0 bridgehead atoms. The van der Waals surface area contributed by atoms with E-state index >= 15 is 0 Å². The van der Waals surface area contributed by atoms with Gasteiger partial charge in [0, 0.05) is 32.4 Å².